The summed E-state index contributed by atoms with van der Waals surface area (Å²) in [5.41, 5.74) is 2.45. The predicted molar refractivity (Wildman–Crippen MR) is 68.9 cm³/mol. The van der Waals surface area contributed by atoms with Gasteiger partial charge in [-0.15, -0.1) is 0 Å². The van der Waals surface area contributed by atoms with Gasteiger partial charge in [0.2, 0.25) is 0 Å². The number of nitrogens with zero attached hydrogens (tertiary/aromatic N) is 1. The fourth-order valence-electron chi connectivity index (χ4n) is 1.73. The van der Waals surface area contributed by atoms with E-state index in [9.17, 15) is 0 Å². The van der Waals surface area contributed by atoms with Crippen molar-refractivity contribution >= 4 is 5.69 Å². The van der Waals surface area contributed by atoms with Crippen LogP contribution in [0.5, 0.6) is 0 Å². The molecule has 0 bridgehead atoms. The molecule has 1 rings (SSSR count). The average molecular weight is 222 g/mol. The Morgan fingerprint density at radius 2 is 1.94 bits per heavy atom. The van der Waals surface area contributed by atoms with Gasteiger partial charge in [-0.05, 0) is 38.6 Å². The predicted octanol–water partition coefficient (Wildman–Crippen LogP) is 1.79. The van der Waals surface area contributed by atoms with Gasteiger partial charge in [-0.1, -0.05) is 12.1 Å². The first kappa shape index (κ1) is 13.0. The lowest BCUT2D eigenvalue weighted by molar-refractivity contribution is 0.302. The molecule has 0 radical (unpaired) electrons. The maximum absolute atomic E-state index is 8.96. The summed E-state index contributed by atoms with van der Waals surface area (Å²) in [6.07, 6.45) is 0. The summed E-state index contributed by atoms with van der Waals surface area (Å²) < 4.78 is 0. The lowest BCUT2D eigenvalue weighted by Gasteiger charge is -2.22. The first-order valence-electron chi connectivity index (χ1n) is 5.86. The molecule has 0 amide bonds. The van der Waals surface area contributed by atoms with Crippen LogP contribution in [0.3, 0.4) is 0 Å². The molecule has 0 aliphatic rings. The van der Waals surface area contributed by atoms with Crippen LogP contribution in [0.15, 0.2) is 24.3 Å². The largest absolute Gasteiger partial charge is 0.395 e. The molecule has 16 heavy (non-hydrogen) atoms. The Morgan fingerprint density at radius 3 is 2.38 bits per heavy atom. The van der Waals surface area contributed by atoms with Crippen LogP contribution in [0, 0.1) is 0 Å². The quantitative estimate of drug-likeness (QED) is 0.770. The fourth-order valence-corrected chi connectivity index (χ4v) is 1.73. The average Bonchev–Trinajstić information content (AvgIpc) is 2.35. The number of benzene rings is 1. The van der Waals surface area contributed by atoms with E-state index in [-0.39, 0.29) is 6.61 Å². The number of aliphatic hydroxyl groups is 1. The first-order chi connectivity index (χ1) is 7.72. The van der Waals surface area contributed by atoms with E-state index in [4.69, 9.17) is 5.11 Å². The molecule has 1 aromatic rings. The highest BCUT2D eigenvalue weighted by Gasteiger charge is 2.05. The van der Waals surface area contributed by atoms with Gasteiger partial charge in [-0.3, -0.25) is 0 Å². The number of anilines is 1. The molecule has 1 atom stereocenters. The molecule has 2 N–H and O–H groups in total. The molecule has 0 saturated carbocycles. The van der Waals surface area contributed by atoms with Crippen molar-refractivity contribution in [1.82, 2.24) is 5.32 Å². The molecule has 0 aliphatic carbocycles. The molecule has 0 fully saturated rings. The number of hydrogen-bond acceptors (Lipinski definition) is 3. The van der Waals surface area contributed by atoms with Crippen molar-refractivity contribution in [2.45, 2.75) is 19.9 Å². The fraction of sp³-hybridized carbons (Fsp3) is 0.538. The van der Waals surface area contributed by atoms with Crippen molar-refractivity contribution in [3.05, 3.63) is 29.8 Å². The maximum Gasteiger partial charge on any atom is 0.0606 e. The normalized spacial score (nSPS) is 12.5. The van der Waals surface area contributed by atoms with Crippen LogP contribution in [-0.2, 0) is 0 Å². The highest BCUT2D eigenvalue weighted by atomic mass is 16.3. The molecular formula is C13H22N2O. The zero-order chi connectivity index (χ0) is 12.0. The Labute approximate surface area is 98.1 Å². The van der Waals surface area contributed by atoms with Crippen LogP contribution in [0.4, 0.5) is 5.69 Å². The molecule has 0 saturated heterocycles. The van der Waals surface area contributed by atoms with Gasteiger partial charge in [-0.25, -0.2) is 0 Å². The third-order valence-electron chi connectivity index (χ3n) is 2.94. The Balaban J connectivity index is 2.76. The number of likely N-dealkylation sites (N-methyl/N-ethyl adjacent to an activating group) is 1. The summed E-state index contributed by atoms with van der Waals surface area (Å²) in [7, 11) is 1.96. The second kappa shape index (κ2) is 6.51. The van der Waals surface area contributed by atoms with E-state index < -0.39 is 0 Å². The van der Waals surface area contributed by atoms with Crippen LogP contribution >= 0.6 is 0 Å². The van der Waals surface area contributed by atoms with E-state index in [0.717, 1.165) is 6.54 Å². The van der Waals surface area contributed by atoms with Gasteiger partial charge in [-0.2, -0.15) is 0 Å². The minimum absolute atomic E-state index is 0.197. The van der Waals surface area contributed by atoms with Gasteiger partial charge in [0.25, 0.3) is 0 Å². The van der Waals surface area contributed by atoms with E-state index in [2.05, 4.69) is 48.3 Å². The monoisotopic (exact) mass is 222 g/mol. The summed E-state index contributed by atoms with van der Waals surface area (Å²) in [5.74, 6) is 0. The van der Waals surface area contributed by atoms with Crippen molar-refractivity contribution in [3.63, 3.8) is 0 Å². The van der Waals surface area contributed by atoms with E-state index >= 15 is 0 Å². The van der Waals surface area contributed by atoms with Crippen LogP contribution < -0.4 is 10.2 Å². The van der Waals surface area contributed by atoms with Crippen LogP contribution in [0.2, 0.25) is 0 Å². The third kappa shape index (κ3) is 3.22. The standard InChI is InChI=1S/C13H22N2O/c1-4-15(9-10-16)13-7-5-12(6-8-13)11(2)14-3/h5-8,11,14,16H,4,9-10H2,1-3H3. The number of nitrogens with one attached hydrogen (secondary N) is 1. The zero-order valence-corrected chi connectivity index (χ0v) is 10.4. The summed E-state index contributed by atoms with van der Waals surface area (Å²) >= 11 is 0. The van der Waals surface area contributed by atoms with Gasteiger partial charge in [0.05, 0.1) is 6.61 Å². The third-order valence-corrected chi connectivity index (χ3v) is 2.94. The maximum atomic E-state index is 8.96. The van der Waals surface area contributed by atoms with Crippen molar-refractivity contribution in [3.8, 4) is 0 Å². The molecule has 0 spiro atoms. The van der Waals surface area contributed by atoms with Gasteiger partial charge in [0, 0.05) is 24.8 Å². The zero-order valence-electron chi connectivity index (χ0n) is 10.4. The highest BCUT2D eigenvalue weighted by molar-refractivity contribution is 5.47. The molecule has 0 aromatic heterocycles. The van der Waals surface area contributed by atoms with Crippen molar-refractivity contribution < 1.29 is 5.11 Å². The molecule has 0 aliphatic heterocycles. The van der Waals surface area contributed by atoms with E-state index in [1.54, 1.807) is 0 Å². The highest BCUT2D eigenvalue weighted by Crippen LogP contribution is 2.18. The topological polar surface area (TPSA) is 35.5 Å². The smallest absolute Gasteiger partial charge is 0.0606 e. The van der Waals surface area contributed by atoms with Crippen LogP contribution in [0.1, 0.15) is 25.5 Å². The number of aliphatic hydroxyl groups excluding tert-OH is 1. The molecule has 3 nitrogen and oxygen atoms in total. The van der Waals surface area contributed by atoms with Gasteiger partial charge >= 0.3 is 0 Å². The molecule has 3 heteroatoms. The van der Waals surface area contributed by atoms with E-state index in [0.29, 0.717) is 12.6 Å². The van der Waals surface area contributed by atoms with Gasteiger partial charge in [0.1, 0.15) is 0 Å². The van der Waals surface area contributed by atoms with Crippen molar-refractivity contribution in [2.75, 3.05) is 31.6 Å². The molecule has 90 valence electrons. The number of hydrogen-bond donors (Lipinski definition) is 2. The Morgan fingerprint density at radius 1 is 1.31 bits per heavy atom. The second-order valence-electron chi connectivity index (χ2n) is 3.91. The van der Waals surface area contributed by atoms with E-state index in [1.807, 2.05) is 7.05 Å². The summed E-state index contributed by atoms with van der Waals surface area (Å²) in [5, 5.41) is 12.2. The SMILES string of the molecule is CCN(CCO)c1ccc(C(C)NC)cc1. The Bertz CT molecular complexity index is 297. The Kier molecular flexibility index (Phi) is 5.29. The molecule has 1 aromatic carbocycles. The minimum Gasteiger partial charge on any atom is -0.395 e. The molecule has 1 unspecified atom stereocenters. The van der Waals surface area contributed by atoms with Gasteiger partial charge < -0.3 is 15.3 Å². The summed E-state index contributed by atoms with van der Waals surface area (Å²) in [6, 6.07) is 8.87. The summed E-state index contributed by atoms with van der Waals surface area (Å²) in [4.78, 5) is 2.16. The van der Waals surface area contributed by atoms with E-state index in [1.165, 1.54) is 11.3 Å². The molecular weight excluding hydrogens is 200 g/mol. The van der Waals surface area contributed by atoms with Crippen molar-refractivity contribution in [2.24, 2.45) is 0 Å². The minimum atomic E-state index is 0.197. The second-order valence-corrected chi connectivity index (χ2v) is 3.91. The van der Waals surface area contributed by atoms with Crippen LogP contribution in [-0.4, -0.2) is 31.9 Å². The first-order valence-corrected chi connectivity index (χ1v) is 5.86. The Hall–Kier alpha value is -1.06. The molecule has 0 heterocycles. The lowest BCUT2D eigenvalue weighted by Crippen LogP contribution is -2.26. The summed E-state index contributed by atoms with van der Waals surface area (Å²) in [6.45, 7) is 6.04. The van der Waals surface area contributed by atoms with Gasteiger partial charge in [0.15, 0.2) is 0 Å². The van der Waals surface area contributed by atoms with Crippen molar-refractivity contribution in [1.29, 1.82) is 0 Å². The number of rotatable bonds is 6. The lowest BCUT2D eigenvalue weighted by atomic mass is 10.1. The van der Waals surface area contributed by atoms with Crippen LogP contribution in [0.25, 0.3) is 0 Å².